The second kappa shape index (κ2) is 4.61. The number of anilines is 1. The molecule has 1 atom stereocenters. The van der Waals surface area contributed by atoms with Crippen molar-refractivity contribution in [2.45, 2.75) is 13.0 Å². The average Bonchev–Trinajstić information content (AvgIpc) is 2.04. The van der Waals surface area contributed by atoms with Crippen LogP contribution in [0.1, 0.15) is 6.92 Å². The Labute approximate surface area is 76.2 Å². The van der Waals surface area contributed by atoms with Crippen LogP contribution in [-0.2, 0) is 4.74 Å². The Balaban J connectivity index is 2.58. The number of hydrogen-bond acceptors (Lipinski definition) is 4. The highest BCUT2D eigenvalue weighted by molar-refractivity contribution is 5.32. The number of H-pyrrole nitrogens is 1. The standard InChI is InChI=1S/C8H13N3O2/c1-6(4-13-2)11-7-3-8(12)10-5-9-7/h3,5-6H,4H2,1-2H3,(H2,9,10,11,12). The molecule has 0 amide bonds. The molecule has 13 heavy (non-hydrogen) atoms. The van der Waals surface area contributed by atoms with Crippen LogP contribution in [0.5, 0.6) is 0 Å². The monoisotopic (exact) mass is 183 g/mol. The van der Waals surface area contributed by atoms with Crippen molar-refractivity contribution in [1.82, 2.24) is 9.97 Å². The van der Waals surface area contributed by atoms with Gasteiger partial charge in [-0.1, -0.05) is 0 Å². The highest BCUT2D eigenvalue weighted by Gasteiger charge is 2.01. The zero-order valence-electron chi connectivity index (χ0n) is 7.70. The quantitative estimate of drug-likeness (QED) is 0.700. The second-order valence-electron chi connectivity index (χ2n) is 2.80. The van der Waals surface area contributed by atoms with Crippen LogP contribution in [0.25, 0.3) is 0 Å². The van der Waals surface area contributed by atoms with Crippen molar-refractivity contribution in [1.29, 1.82) is 0 Å². The number of hydrogen-bond donors (Lipinski definition) is 2. The van der Waals surface area contributed by atoms with Crippen molar-refractivity contribution in [3.8, 4) is 0 Å². The Morgan fingerprint density at radius 2 is 2.54 bits per heavy atom. The van der Waals surface area contributed by atoms with E-state index in [0.29, 0.717) is 12.4 Å². The smallest absolute Gasteiger partial charge is 0.252 e. The maximum atomic E-state index is 10.9. The first-order chi connectivity index (χ1) is 6.22. The van der Waals surface area contributed by atoms with E-state index in [0.717, 1.165) is 0 Å². The van der Waals surface area contributed by atoms with Crippen molar-refractivity contribution >= 4 is 5.82 Å². The molecule has 1 aromatic rings. The molecule has 0 bridgehead atoms. The molecule has 0 aliphatic rings. The van der Waals surface area contributed by atoms with E-state index in [1.165, 1.54) is 12.4 Å². The van der Waals surface area contributed by atoms with Gasteiger partial charge >= 0.3 is 0 Å². The molecular weight excluding hydrogens is 170 g/mol. The fraction of sp³-hybridized carbons (Fsp3) is 0.500. The summed E-state index contributed by atoms with van der Waals surface area (Å²) in [5, 5.41) is 3.03. The molecule has 1 heterocycles. The zero-order valence-corrected chi connectivity index (χ0v) is 7.70. The van der Waals surface area contributed by atoms with Crippen molar-refractivity contribution in [2.24, 2.45) is 0 Å². The SMILES string of the molecule is COCC(C)Nc1cc(=O)[nH]cn1. The maximum Gasteiger partial charge on any atom is 0.252 e. The summed E-state index contributed by atoms with van der Waals surface area (Å²) in [6.45, 7) is 2.53. The summed E-state index contributed by atoms with van der Waals surface area (Å²) in [7, 11) is 1.63. The van der Waals surface area contributed by atoms with Crippen LogP contribution >= 0.6 is 0 Å². The number of ether oxygens (including phenoxy) is 1. The minimum Gasteiger partial charge on any atom is -0.383 e. The largest absolute Gasteiger partial charge is 0.383 e. The van der Waals surface area contributed by atoms with Crippen LogP contribution in [0.4, 0.5) is 5.82 Å². The van der Waals surface area contributed by atoms with Gasteiger partial charge in [-0.25, -0.2) is 4.98 Å². The van der Waals surface area contributed by atoms with Gasteiger partial charge in [-0.2, -0.15) is 0 Å². The first kappa shape index (κ1) is 9.73. The predicted molar refractivity (Wildman–Crippen MR) is 49.8 cm³/mol. The van der Waals surface area contributed by atoms with E-state index < -0.39 is 0 Å². The molecule has 2 N–H and O–H groups in total. The molecule has 5 nitrogen and oxygen atoms in total. The molecule has 0 radical (unpaired) electrons. The Bertz CT molecular complexity index is 310. The molecule has 0 fully saturated rings. The van der Waals surface area contributed by atoms with Crippen LogP contribution in [0, 0.1) is 0 Å². The maximum absolute atomic E-state index is 10.9. The number of aromatic amines is 1. The van der Waals surface area contributed by atoms with Crippen molar-refractivity contribution < 1.29 is 4.74 Å². The fourth-order valence-corrected chi connectivity index (χ4v) is 0.992. The van der Waals surface area contributed by atoms with Gasteiger partial charge in [0.25, 0.3) is 5.56 Å². The Morgan fingerprint density at radius 1 is 1.77 bits per heavy atom. The van der Waals surface area contributed by atoms with E-state index in [1.54, 1.807) is 7.11 Å². The van der Waals surface area contributed by atoms with Crippen LogP contribution in [-0.4, -0.2) is 29.7 Å². The van der Waals surface area contributed by atoms with Gasteiger partial charge in [0.1, 0.15) is 5.82 Å². The van der Waals surface area contributed by atoms with Crippen molar-refractivity contribution in [2.75, 3.05) is 19.0 Å². The fourth-order valence-electron chi connectivity index (χ4n) is 0.992. The lowest BCUT2D eigenvalue weighted by Gasteiger charge is -2.12. The molecule has 0 spiro atoms. The van der Waals surface area contributed by atoms with E-state index >= 15 is 0 Å². The number of nitrogens with zero attached hydrogens (tertiary/aromatic N) is 1. The first-order valence-corrected chi connectivity index (χ1v) is 4.02. The highest BCUT2D eigenvalue weighted by atomic mass is 16.5. The third-order valence-corrected chi connectivity index (χ3v) is 1.49. The molecule has 1 rings (SSSR count). The van der Waals surface area contributed by atoms with Gasteiger partial charge in [-0.05, 0) is 6.92 Å². The minimum absolute atomic E-state index is 0.138. The number of aromatic nitrogens is 2. The zero-order chi connectivity index (χ0) is 9.68. The second-order valence-corrected chi connectivity index (χ2v) is 2.80. The third-order valence-electron chi connectivity index (χ3n) is 1.49. The summed E-state index contributed by atoms with van der Waals surface area (Å²) in [6.07, 6.45) is 1.37. The normalized spacial score (nSPS) is 12.5. The van der Waals surface area contributed by atoms with E-state index in [4.69, 9.17) is 4.74 Å². The van der Waals surface area contributed by atoms with Gasteiger partial charge in [0, 0.05) is 19.2 Å². The summed E-state index contributed by atoms with van der Waals surface area (Å²) in [5.74, 6) is 0.563. The van der Waals surface area contributed by atoms with Crippen LogP contribution in [0.15, 0.2) is 17.2 Å². The molecule has 0 aromatic carbocycles. The highest BCUT2D eigenvalue weighted by Crippen LogP contribution is 1.98. The molecule has 5 heteroatoms. The first-order valence-electron chi connectivity index (χ1n) is 4.02. The summed E-state index contributed by atoms with van der Waals surface area (Å²) in [4.78, 5) is 17.2. The molecule has 1 unspecified atom stereocenters. The summed E-state index contributed by atoms with van der Waals surface area (Å²) in [5.41, 5.74) is -0.165. The molecule has 1 aromatic heterocycles. The Hall–Kier alpha value is -1.36. The summed E-state index contributed by atoms with van der Waals surface area (Å²) < 4.78 is 4.93. The van der Waals surface area contributed by atoms with E-state index in [-0.39, 0.29) is 11.6 Å². The lowest BCUT2D eigenvalue weighted by Crippen LogP contribution is -2.22. The molecular formula is C8H13N3O2. The molecule has 0 aliphatic carbocycles. The minimum atomic E-state index is -0.165. The molecule has 0 saturated heterocycles. The predicted octanol–water partition coefficient (Wildman–Crippen LogP) is 0.217. The number of methoxy groups -OCH3 is 1. The van der Waals surface area contributed by atoms with E-state index in [9.17, 15) is 4.79 Å². The van der Waals surface area contributed by atoms with Crippen LogP contribution < -0.4 is 10.9 Å². The Morgan fingerprint density at radius 3 is 3.15 bits per heavy atom. The van der Waals surface area contributed by atoms with Crippen molar-refractivity contribution in [3.63, 3.8) is 0 Å². The van der Waals surface area contributed by atoms with Crippen LogP contribution in [0.3, 0.4) is 0 Å². The molecule has 72 valence electrons. The third kappa shape index (κ3) is 3.25. The van der Waals surface area contributed by atoms with E-state index in [2.05, 4.69) is 15.3 Å². The topological polar surface area (TPSA) is 67.0 Å². The average molecular weight is 183 g/mol. The Kier molecular flexibility index (Phi) is 3.45. The van der Waals surface area contributed by atoms with Gasteiger partial charge in [-0.15, -0.1) is 0 Å². The molecule has 0 saturated carbocycles. The van der Waals surface area contributed by atoms with E-state index in [1.807, 2.05) is 6.92 Å². The number of nitrogens with one attached hydrogen (secondary N) is 2. The molecule has 0 aliphatic heterocycles. The lowest BCUT2D eigenvalue weighted by molar-refractivity contribution is 0.190. The van der Waals surface area contributed by atoms with Crippen LogP contribution in [0.2, 0.25) is 0 Å². The lowest BCUT2D eigenvalue weighted by atomic mass is 10.3. The van der Waals surface area contributed by atoms with Gasteiger partial charge in [0.2, 0.25) is 0 Å². The number of rotatable bonds is 4. The summed E-state index contributed by atoms with van der Waals surface area (Å²) >= 11 is 0. The van der Waals surface area contributed by atoms with Crippen molar-refractivity contribution in [3.05, 3.63) is 22.7 Å². The van der Waals surface area contributed by atoms with Gasteiger partial charge < -0.3 is 15.0 Å². The van der Waals surface area contributed by atoms with Gasteiger partial charge in [0.15, 0.2) is 0 Å². The van der Waals surface area contributed by atoms with Gasteiger partial charge in [-0.3, -0.25) is 4.79 Å². The van der Waals surface area contributed by atoms with Gasteiger partial charge in [0.05, 0.1) is 12.9 Å². The summed E-state index contributed by atoms with van der Waals surface area (Å²) in [6, 6.07) is 1.55.